The summed E-state index contributed by atoms with van der Waals surface area (Å²) in [7, 11) is -13.0. The Morgan fingerprint density at radius 3 is 0.778 bits per heavy atom. The van der Waals surface area contributed by atoms with E-state index in [1.54, 1.807) is 62.3 Å². The van der Waals surface area contributed by atoms with Gasteiger partial charge in [0.2, 0.25) is 10.5 Å². The van der Waals surface area contributed by atoms with Crippen molar-refractivity contribution < 1.29 is 56.3 Å². The van der Waals surface area contributed by atoms with Crippen LogP contribution in [0.4, 0.5) is 0 Å². The van der Waals surface area contributed by atoms with Crippen LogP contribution in [0.15, 0.2) is 0 Å². The molecule has 0 spiro atoms. The third kappa shape index (κ3) is 11.8. The zero-order valence-corrected chi connectivity index (χ0v) is 28.2. The van der Waals surface area contributed by atoms with Gasteiger partial charge in [0.05, 0.1) is 0 Å². The molecule has 0 heterocycles. The van der Waals surface area contributed by atoms with Gasteiger partial charge in [-0.1, -0.05) is 0 Å². The molecule has 36 heavy (non-hydrogen) atoms. The minimum Gasteiger partial charge on any atom is -0.394 e. The third-order valence-electron chi connectivity index (χ3n) is 3.77. The predicted molar refractivity (Wildman–Crippen MR) is 138 cm³/mol. The lowest BCUT2D eigenvalue weighted by molar-refractivity contribution is -0.0783. The molecule has 0 N–H and O–H groups in total. The van der Waals surface area contributed by atoms with Crippen LogP contribution in [0.2, 0.25) is 0 Å². The van der Waals surface area contributed by atoms with Gasteiger partial charge >= 0.3 is 36.2 Å². The molecule has 0 rings (SSSR count). The molecule has 0 saturated carbocycles. The summed E-state index contributed by atoms with van der Waals surface area (Å²) in [5.41, 5.74) is 0. The third-order valence-corrected chi connectivity index (χ3v) is 16.5. The van der Waals surface area contributed by atoms with Crippen LogP contribution in [0.1, 0.15) is 62.3 Å². The molecular weight excluding hydrogens is 565 g/mol. The molecule has 0 bridgehead atoms. The van der Waals surface area contributed by atoms with Gasteiger partial charge in [-0.25, -0.2) is 0 Å². The molecule has 0 aromatic carbocycles. The molecule has 0 aromatic heterocycles. The van der Waals surface area contributed by atoms with Crippen molar-refractivity contribution in [1.82, 2.24) is 0 Å². The van der Waals surface area contributed by atoms with Gasteiger partial charge < -0.3 is 56.3 Å². The maximum absolute atomic E-state index is 6.44. The Balaban J connectivity index is 6.76. The van der Waals surface area contributed by atoms with E-state index in [4.69, 9.17) is 56.3 Å². The van der Waals surface area contributed by atoms with E-state index in [1.165, 1.54) is 0 Å². The molecular formula is C18H45O13Si5. The van der Waals surface area contributed by atoms with Crippen LogP contribution in [0.3, 0.4) is 0 Å². The van der Waals surface area contributed by atoms with Gasteiger partial charge in [-0.15, -0.1) is 0 Å². The maximum Gasteiger partial charge on any atom is 0.673 e. The summed E-state index contributed by atoms with van der Waals surface area (Å²) in [5.74, 6) is 0. The van der Waals surface area contributed by atoms with Crippen molar-refractivity contribution in [2.24, 2.45) is 0 Å². The molecule has 0 aromatic rings. The Bertz CT molecular complexity index is 516. The fourth-order valence-corrected chi connectivity index (χ4v) is 15.3. The minimum absolute atomic E-state index is 0.157. The summed E-state index contributed by atoms with van der Waals surface area (Å²) in [6.45, 7) is 17.9. The summed E-state index contributed by atoms with van der Waals surface area (Å²) >= 11 is 0. The highest BCUT2D eigenvalue weighted by atomic mass is 28.5. The van der Waals surface area contributed by atoms with Crippen molar-refractivity contribution in [2.75, 3.05) is 59.5 Å². The summed E-state index contributed by atoms with van der Waals surface area (Å²) in [6, 6.07) is 0. The Hall–Kier alpha value is 0.564. The summed E-state index contributed by atoms with van der Waals surface area (Å²) in [5, 5.41) is 0. The molecule has 0 aliphatic heterocycles. The Morgan fingerprint density at radius 1 is 0.333 bits per heavy atom. The fourth-order valence-electron chi connectivity index (χ4n) is 2.80. The highest BCUT2D eigenvalue weighted by Gasteiger charge is 2.68. The van der Waals surface area contributed by atoms with E-state index in [0.717, 1.165) is 0 Å². The van der Waals surface area contributed by atoms with Crippen molar-refractivity contribution in [2.45, 2.75) is 62.3 Å². The molecule has 18 heteroatoms. The first-order valence-electron chi connectivity index (χ1n) is 12.4. The lowest BCUT2D eigenvalue weighted by Crippen LogP contribution is -2.70. The monoisotopic (exact) mass is 609 g/mol. The van der Waals surface area contributed by atoms with Crippen molar-refractivity contribution in [3.05, 3.63) is 0 Å². The summed E-state index contributed by atoms with van der Waals surface area (Å²) < 4.78 is 77.7. The fraction of sp³-hybridized carbons (Fsp3) is 1.00. The van der Waals surface area contributed by atoms with E-state index in [2.05, 4.69) is 10.5 Å². The first-order chi connectivity index (χ1) is 17.2. The number of rotatable bonds is 25. The van der Waals surface area contributed by atoms with Crippen LogP contribution in [-0.2, 0) is 56.3 Å². The van der Waals surface area contributed by atoms with Crippen LogP contribution in [0.25, 0.3) is 0 Å². The second kappa shape index (κ2) is 19.6. The van der Waals surface area contributed by atoms with E-state index >= 15 is 0 Å². The lowest BCUT2D eigenvalue weighted by atomic mass is 10.9. The first-order valence-corrected chi connectivity index (χ1v) is 19.4. The van der Waals surface area contributed by atoms with Crippen molar-refractivity contribution in [1.29, 1.82) is 0 Å². The van der Waals surface area contributed by atoms with Gasteiger partial charge in [-0.05, 0) is 62.3 Å². The molecule has 0 atom stereocenters. The molecule has 0 saturated heterocycles. The quantitative estimate of drug-likeness (QED) is 0.141. The topological polar surface area (TPSA) is 120 Å². The molecule has 215 valence electrons. The van der Waals surface area contributed by atoms with Gasteiger partial charge in [-0.3, -0.25) is 0 Å². The standard InChI is InChI=1S/C18H45O13Si5/c1-10-19-33(20-11-2,21-12-3)29-35(24-15-6,25-16-7)31-36(26-17-8,27-18-9)30-34(28-32,22-13-4)23-14-5/h10-18H2,1-9H3. The average molecular weight is 610 g/mol. The Kier molecular flexibility index (Phi) is 19.9. The van der Waals surface area contributed by atoms with Gasteiger partial charge in [0.15, 0.2) is 0 Å². The predicted octanol–water partition coefficient (Wildman–Crippen LogP) is 2.21. The first kappa shape index (κ1) is 36.6. The van der Waals surface area contributed by atoms with Crippen molar-refractivity contribution in [3.8, 4) is 0 Å². The molecule has 13 nitrogen and oxygen atoms in total. The van der Waals surface area contributed by atoms with Gasteiger partial charge in [0, 0.05) is 59.5 Å². The van der Waals surface area contributed by atoms with E-state index in [1.807, 2.05) is 0 Å². The molecule has 0 aliphatic rings. The highest BCUT2D eigenvalue weighted by Crippen LogP contribution is 2.30. The van der Waals surface area contributed by atoms with Gasteiger partial charge in [0.25, 0.3) is 0 Å². The van der Waals surface area contributed by atoms with Crippen molar-refractivity contribution in [3.63, 3.8) is 0 Å². The van der Waals surface area contributed by atoms with Crippen LogP contribution >= 0.6 is 0 Å². The second-order valence-corrected chi connectivity index (χ2v) is 16.2. The SMILES string of the molecule is CCO[Si](O[Si])(OCC)O[Si](OCC)(OCC)O[Si](OCC)(OCC)O[Si](OCC)(OCC)OCC. The molecule has 0 aliphatic carbocycles. The molecule has 0 fully saturated rings. The van der Waals surface area contributed by atoms with E-state index in [9.17, 15) is 0 Å². The van der Waals surface area contributed by atoms with E-state index < -0.39 is 36.2 Å². The Morgan fingerprint density at radius 2 is 0.528 bits per heavy atom. The van der Waals surface area contributed by atoms with Gasteiger partial charge in [-0.2, -0.15) is 0 Å². The van der Waals surface area contributed by atoms with Crippen LogP contribution < -0.4 is 0 Å². The largest absolute Gasteiger partial charge is 0.673 e. The summed E-state index contributed by atoms with van der Waals surface area (Å²) in [4.78, 5) is 0. The van der Waals surface area contributed by atoms with Crippen molar-refractivity contribution >= 4 is 46.7 Å². The second-order valence-electron chi connectivity index (χ2n) is 6.31. The lowest BCUT2D eigenvalue weighted by Gasteiger charge is -2.40. The summed E-state index contributed by atoms with van der Waals surface area (Å²) in [6.07, 6.45) is 0. The molecule has 0 unspecified atom stereocenters. The van der Waals surface area contributed by atoms with E-state index in [0.29, 0.717) is 0 Å². The maximum atomic E-state index is 6.44. The average Bonchev–Trinajstić information content (AvgIpc) is 2.80. The normalized spacial score (nSPS) is 13.5. The molecule has 3 radical (unpaired) electrons. The van der Waals surface area contributed by atoms with E-state index in [-0.39, 0.29) is 59.5 Å². The minimum atomic E-state index is -4.21. The number of hydrogen-bond acceptors (Lipinski definition) is 13. The van der Waals surface area contributed by atoms with Gasteiger partial charge in [0.1, 0.15) is 0 Å². The van der Waals surface area contributed by atoms with Crippen LogP contribution in [0.5, 0.6) is 0 Å². The molecule has 0 amide bonds. The van der Waals surface area contributed by atoms with Crippen LogP contribution in [0, 0.1) is 0 Å². The Labute approximate surface area is 224 Å². The zero-order chi connectivity index (χ0) is 27.6. The number of hydrogen-bond donors (Lipinski definition) is 0. The zero-order valence-electron chi connectivity index (χ0n) is 23.2. The van der Waals surface area contributed by atoms with Crippen LogP contribution in [-0.4, -0.2) is 106 Å². The highest BCUT2D eigenvalue weighted by molar-refractivity contribution is 6.78. The smallest absolute Gasteiger partial charge is 0.394 e.